The predicted molar refractivity (Wildman–Crippen MR) is 144 cm³/mol. The molecule has 1 aliphatic heterocycles. The molecule has 0 saturated carbocycles. The average molecular weight is 483 g/mol. The zero-order valence-electron chi connectivity index (χ0n) is 20.7. The van der Waals surface area contributed by atoms with Gasteiger partial charge in [-0.25, -0.2) is 0 Å². The highest BCUT2D eigenvalue weighted by atomic mass is 16.2. The third-order valence-corrected chi connectivity index (χ3v) is 7.22. The van der Waals surface area contributed by atoms with Crippen molar-refractivity contribution >= 4 is 12.0 Å². The van der Waals surface area contributed by atoms with Crippen molar-refractivity contribution in [1.29, 1.82) is 0 Å². The average Bonchev–Trinajstić information content (AvgIpc) is 2.90. The van der Waals surface area contributed by atoms with Crippen molar-refractivity contribution in [1.82, 2.24) is 20.1 Å². The molecule has 1 amide bonds. The van der Waals surface area contributed by atoms with Crippen LogP contribution in [0.4, 0.5) is 0 Å². The fourth-order valence-corrected chi connectivity index (χ4v) is 5.20. The van der Waals surface area contributed by atoms with Gasteiger partial charge in [0.15, 0.2) is 0 Å². The highest BCUT2D eigenvalue weighted by Crippen LogP contribution is 2.29. The van der Waals surface area contributed by atoms with Crippen LogP contribution in [0.25, 0.3) is 6.08 Å². The van der Waals surface area contributed by atoms with Crippen LogP contribution in [0, 0.1) is 0 Å². The molecule has 5 rings (SSSR count). The zero-order chi connectivity index (χ0) is 24.7. The van der Waals surface area contributed by atoms with Crippen LogP contribution >= 0.6 is 0 Å². The topological polar surface area (TPSA) is 68.4 Å². The van der Waals surface area contributed by atoms with Crippen LogP contribution in [-0.2, 0) is 13.0 Å². The van der Waals surface area contributed by atoms with Crippen LogP contribution in [0.15, 0.2) is 77.6 Å². The molecule has 6 heteroatoms. The number of carbonyl (C=O) groups is 1. The van der Waals surface area contributed by atoms with E-state index in [0.29, 0.717) is 6.54 Å². The second-order valence-electron chi connectivity index (χ2n) is 9.73. The predicted octanol–water partition coefficient (Wildman–Crippen LogP) is 4.01. The van der Waals surface area contributed by atoms with Gasteiger partial charge in [0.05, 0.1) is 6.04 Å². The summed E-state index contributed by atoms with van der Waals surface area (Å²) in [7, 11) is 0. The maximum absolute atomic E-state index is 12.9. The third-order valence-electron chi connectivity index (χ3n) is 7.22. The summed E-state index contributed by atoms with van der Waals surface area (Å²) in [5.74, 6) is -0.304. The van der Waals surface area contributed by atoms with Crippen molar-refractivity contribution in [2.24, 2.45) is 0 Å². The molecule has 2 heterocycles. The Morgan fingerprint density at radius 3 is 2.50 bits per heavy atom. The molecule has 2 aromatic carbocycles. The highest BCUT2D eigenvalue weighted by Gasteiger charge is 2.23. The van der Waals surface area contributed by atoms with Gasteiger partial charge >= 0.3 is 0 Å². The lowest BCUT2D eigenvalue weighted by Crippen LogP contribution is -2.46. The summed E-state index contributed by atoms with van der Waals surface area (Å²) < 4.78 is 0. The van der Waals surface area contributed by atoms with Crippen LogP contribution < -0.4 is 10.9 Å². The largest absolute Gasteiger partial charge is 0.345 e. The highest BCUT2D eigenvalue weighted by molar-refractivity contribution is 5.94. The molecule has 2 aliphatic rings. The number of aryl methyl sites for hydroxylation is 1. The van der Waals surface area contributed by atoms with Gasteiger partial charge in [-0.05, 0) is 48.1 Å². The molecule has 1 atom stereocenters. The van der Waals surface area contributed by atoms with Gasteiger partial charge in [-0.1, -0.05) is 66.7 Å². The Kier molecular flexibility index (Phi) is 7.74. The summed E-state index contributed by atoms with van der Waals surface area (Å²) in [6.45, 7) is 5.50. The summed E-state index contributed by atoms with van der Waals surface area (Å²) in [5.41, 5.74) is 4.37. The molecule has 186 valence electrons. The maximum Gasteiger partial charge on any atom is 0.261 e. The number of nitrogens with one attached hydrogen (secondary N) is 2. The number of piperazine rings is 1. The lowest BCUT2D eigenvalue weighted by atomic mass is 9.87. The smallest absolute Gasteiger partial charge is 0.261 e. The number of fused-ring (bicyclic) bond motifs is 1. The normalized spacial score (nSPS) is 18.7. The van der Waals surface area contributed by atoms with Crippen LogP contribution in [0.5, 0.6) is 0 Å². The molecule has 1 saturated heterocycles. The lowest BCUT2D eigenvalue weighted by molar-refractivity contribution is 0.0931. The van der Waals surface area contributed by atoms with Gasteiger partial charge in [-0.15, -0.1) is 0 Å². The number of rotatable bonds is 7. The number of nitrogens with zero attached hydrogens (tertiary/aromatic N) is 2. The SMILES string of the molecule is O=C(NC1CCCc2ccccc21)c1ccc(CN2CCN(C/C=C/c3ccccc3)CC2)[nH]c1=O. The summed E-state index contributed by atoms with van der Waals surface area (Å²) in [4.78, 5) is 33.4. The van der Waals surface area contributed by atoms with E-state index < -0.39 is 0 Å². The van der Waals surface area contributed by atoms with Gasteiger partial charge < -0.3 is 10.3 Å². The quantitative estimate of drug-likeness (QED) is 0.534. The number of hydrogen-bond acceptors (Lipinski definition) is 4. The minimum atomic E-state index is -0.321. The molecule has 2 N–H and O–H groups in total. The molecule has 0 spiro atoms. The van der Waals surface area contributed by atoms with E-state index in [2.05, 4.69) is 68.7 Å². The van der Waals surface area contributed by atoms with Crippen LogP contribution in [0.3, 0.4) is 0 Å². The van der Waals surface area contributed by atoms with Crippen LogP contribution in [0.2, 0.25) is 0 Å². The first-order chi connectivity index (χ1) is 17.7. The molecule has 6 nitrogen and oxygen atoms in total. The van der Waals surface area contributed by atoms with Crippen molar-refractivity contribution in [2.75, 3.05) is 32.7 Å². The molecule has 1 aliphatic carbocycles. The first-order valence-corrected chi connectivity index (χ1v) is 12.9. The number of benzene rings is 2. The minimum absolute atomic E-state index is 0.0413. The van der Waals surface area contributed by atoms with Gasteiger partial charge in [0.1, 0.15) is 5.56 Å². The van der Waals surface area contributed by atoms with E-state index in [1.807, 2.05) is 24.3 Å². The second-order valence-corrected chi connectivity index (χ2v) is 9.73. The van der Waals surface area contributed by atoms with Gasteiger partial charge in [0, 0.05) is 45.0 Å². The Hall–Kier alpha value is -3.48. The second kappa shape index (κ2) is 11.5. The van der Waals surface area contributed by atoms with E-state index in [-0.39, 0.29) is 23.1 Å². The fourth-order valence-electron chi connectivity index (χ4n) is 5.20. The molecule has 0 radical (unpaired) electrons. The van der Waals surface area contributed by atoms with Crippen molar-refractivity contribution in [3.63, 3.8) is 0 Å². The third kappa shape index (κ3) is 6.01. The van der Waals surface area contributed by atoms with E-state index >= 15 is 0 Å². The number of amides is 1. The molecular weight excluding hydrogens is 448 g/mol. The number of H-pyrrole nitrogens is 1. The van der Waals surface area contributed by atoms with Gasteiger partial charge in [-0.2, -0.15) is 0 Å². The Morgan fingerprint density at radius 1 is 0.944 bits per heavy atom. The number of aromatic nitrogens is 1. The van der Waals surface area contributed by atoms with E-state index in [0.717, 1.165) is 57.7 Å². The molecule has 1 aromatic heterocycles. The summed E-state index contributed by atoms with van der Waals surface area (Å²) >= 11 is 0. The number of carbonyl (C=O) groups excluding carboxylic acids is 1. The first-order valence-electron chi connectivity index (χ1n) is 12.9. The van der Waals surface area contributed by atoms with Gasteiger partial charge in [0.2, 0.25) is 0 Å². The van der Waals surface area contributed by atoms with E-state index in [4.69, 9.17) is 0 Å². The van der Waals surface area contributed by atoms with Crippen molar-refractivity contribution in [3.8, 4) is 0 Å². The van der Waals surface area contributed by atoms with Crippen molar-refractivity contribution < 1.29 is 4.79 Å². The molecule has 36 heavy (non-hydrogen) atoms. The number of pyridine rings is 1. The monoisotopic (exact) mass is 482 g/mol. The molecule has 0 bridgehead atoms. The summed E-state index contributed by atoms with van der Waals surface area (Å²) in [6, 6.07) is 22.1. The fraction of sp³-hybridized carbons (Fsp3) is 0.333. The molecule has 3 aromatic rings. The Morgan fingerprint density at radius 2 is 1.69 bits per heavy atom. The zero-order valence-corrected chi connectivity index (χ0v) is 20.7. The number of hydrogen-bond donors (Lipinski definition) is 2. The molecule has 1 unspecified atom stereocenters. The van der Waals surface area contributed by atoms with Gasteiger partial charge in [-0.3, -0.25) is 19.4 Å². The Balaban J connectivity index is 1.12. The summed E-state index contributed by atoms with van der Waals surface area (Å²) in [5, 5.41) is 3.08. The van der Waals surface area contributed by atoms with E-state index in [9.17, 15) is 9.59 Å². The van der Waals surface area contributed by atoms with Crippen LogP contribution in [-0.4, -0.2) is 53.4 Å². The molecular formula is C30H34N4O2. The first kappa shape index (κ1) is 24.2. The Labute approximate surface area is 212 Å². The van der Waals surface area contributed by atoms with Gasteiger partial charge in [0.25, 0.3) is 11.5 Å². The summed E-state index contributed by atoms with van der Waals surface area (Å²) in [6.07, 6.45) is 7.36. The Bertz CT molecular complexity index is 1260. The molecule has 1 fully saturated rings. The number of aromatic amines is 1. The van der Waals surface area contributed by atoms with Crippen molar-refractivity contribution in [3.05, 3.63) is 111 Å². The maximum atomic E-state index is 12.9. The van der Waals surface area contributed by atoms with Crippen molar-refractivity contribution in [2.45, 2.75) is 31.8 Å². The standard InChI is InChI=1S/C30H34N4O2/c35-29-27(30(36)32-28-14-6-12-24-11-4-5-13-26(24)28)16-15-25(31-29)22-34-20-18-33(19-21-34)17-7-10-23-8-2-1-3-9-23/h1-5,7-11,13,15-16,28H,6,12,14,17-22H2,(H,31,35)(H,32,36)/b10-7+. The van der Waals surface area contributed by atoms with E-state index in [1.165, 1.54) is 16.7 Å². The minimum Gasteiger partial charge on any atom is -0.345 e. The lowest BCUT2D eigenvalue weighted by Gasteiger charge is -2.34. The van der Waals surface area contributed by atoms with E-state index in [1.54, 1.807) is 6.07 Å². The van der Waals surface area contributed by atoms with Crippen LogP contribution in [0.1, 0.15) is 51.6 Å².